The summed E-state index contributed by atoms with van der Waals surface area (Å²) >= 11 is 1.33. The number of aryl methyl sites for hydroxylation is 4. The molecule has 0 aliphatic carbocycles. The molecule has 140 valence electrons. The molecule has 0 spiro atoms. The van der Waals surface area contributed by atoms with Gasteiger partial charge >= 0.3 is 0 Å². The number of carbonyl (C=O) groups excluding carboxylic acids is 1. The van der Waals surface area contributed by atoms with Crippen LogP contribution in [-0.2, 0) is 14.6 Å². The van der Waals surface area contributed by atoms with Crippen LogP contribution in [0.5, 0.6) is 0 Å². The summed E-state index contributed by atoms with van der Waals surface area (Å²) in [5, 5.41) is 2.85. The average molecular weight is 392 g/mol. The Bertz CT molecular complexity index is 905. The summed E-state index contributed by atoms with van der Waals surface area (Å²) < 4.78 is 25.0. The van der Waals surface area contributed by atoms with Crippen molar-refractivity contribution in [1.82, 2.24) is 0 Å². The lowest BCUT2D eigenvalue weighted by atomic mass is 10.1. The van der Waals surface area contributed by atoms with Crippen molar-refractivity contribution in [3.05, 3.63) is 58.7 Å². The molecule has 2 rings (SSSR count). The second kappa shape index (κ2) is 8.73. The van der Waals surface area contributed by atoms with Gasteiger partial charge in [0.1, 0.15) is 0 Å². The van der Waals surface area contributed by atoms with Crippen LogP contribution < -0.4 is 5.32 Å². The molecular formula is C20H25NO3S2. The van der Waals surface area contributed by atoms with E-state index in [4.69, 9.17) is 0 Å². The predicted octanol–water partition coefficient (Wildman–Crippen LogP) is 4.07. The molecule has 0 radical (unpaired) electrons. The third-order valence-electron chi connectivity index (χ3n) is 4.20. The molecule has 0 saturated carbocycles. The van der Waals surface area contributed by atoms with E-state index in [2.05, 4.69) is 5.32 Å². The van der Waals surface area contributed by atoms with E-state index in [9.17, 15) is 13.2 Å². The molecule has 2 aromatic carbocycles. The number of carbonyl (C=O) groups is 1. The Morgan fingerprint density at radius 2 is 1.65 bits per heavy atom. The van der Waals surface area contributed by atoms with Gasteiger partial charge in [-0.2, -0.15) is 11.8 Å². The minimum atomic E-state index is -3.33. The highest BCUT2D eigenvalue weighted by Crippen LogP contribution is 2.19. The van der Waals surface area contributed by atoms with Crippen LogP contribution in [0.15, 0.2) is 41.3 Å². The molecule has 0 fully saturated rings. The summed E-state index contributed by atoms with van der Waals surface area (Å²) in [6.45, 7) is 7.70. The molecule has 0 aliphatic rings. The molecule has 0 heterocycles. The number of sulfone groups is 1. The van der Waals surface area contributed by atoms with Gasteiger partial charge in [-0.15, -0.1) is 0 Å². The number of thioether (sulfide) groups is 1. The van der Waals surface area contributed by atoms with Crippen LogP contribution in [0.2, 0.25) is 0 Å². The fraction of sp³-hybridized carbons (Fsp3) is 0.350. The molecule has 0 aromatic heterocycles. The monoisotopic (exact) mass is 391 g/mol. The Hall–Kier alpha value is -1.79. The maximum atomic E-state index is 12.5. The van der Waals surface area contributed by atoms with Crippen LogP contribution in [0.25, 0.3) is 0 Å². The fourth-order valence-corrected chi connectivity index (χ4v) is 5.40. The molecular weight excluding hydrogens is 366 g/mol. The van der Waals surface area contributed by atoms with E-state index in [1.807, 2.05) is 51.1 Å². The van der Waals surface area contributed by atoms with Crippen molar-refractivity contribution >= 4 is 33.2 Å². The Morgan fingerprint density at radius 3 is 2.35 bits per heavy atom. The highest BCUT2D eigenvalue weighted by atomic mass is 32.2. The van der Waals surface area contributed by atoms with Crippen molar-refractivity contribution in [3.8, 4) is 0 Å². The van der Waals surface area contributed by atoms with E-state index in [1.54, 1.807) is 13.0 Å². The predicted molar refractivity (Wildman–Crippen MR) is 110 cm³/mol. The number of nitrogens with one attached hydrogen (secondary N) is 1. The third-order valence-corrected chi connectivity index (χ3v) is 7.27. The second-order valence-electron chi connectivity index (χ2n) is 6.49. The van der Waals surface area contributed by atoms with E-state index in [0.29, 0.717) is 10.6 Å². The first-order valence-electron chi connectivity index (χ1n) is 8.44. The summed E-state index contributed by atoms with van der Waals surface area (Å²) in [6, 6.07) is 11.2. The number of rotatable bonds is 7. The first-order chi connectivity index (χ1) is 12.2. The number of amides is 1. The first kappa shape index (κ1) is 20.5. The standard InChI is InChI=1S/C20H25NO3S2/c1-14-5-6-16(3)19(11-14)26(23,24)10-9-25-13-20(22)21-18-8-7-15(2)17(4)12-18/h5-8,11-12H,9-10,13H2,1-4H3,(H,21,22). The van der Waals surface area contributed by atoms with E-state index in [-0.39, 0.29) is 17.4 Å². The van der Waals surface area contributed by atoms with E-state index < -0.39 is 9.84 Å². The smallest absolute Gasteiger partial charge is 0.234 e. The lowest BCUT2D eigenvalue weighted by molar-refractivity contribution is -0.113. The fourth-order valence-electron chi connectivity index (χ4n) is 2.50. The molecule has 26 heavy (non-hydrogen) atoms. The van der Waals surface area contributed by atoms with Crippen molar-refractivity contribution in [2.75, 3.05) is 22.6 Å². The lowest BCUT2D eigenvalue weighted by Crippen LogP contribution is -2.16. The molecule has 6 heteroatoms. The summed E-state index contributed by atoms with van der Waals surface area (Å²) in [5.74, 6) is 0.520. The minimum Gasteiger partial charge on any atom is -0.325 e. The molecule has 1 amide bonds. The zero-order chi connectivity index (χ0) is 19.3. The Balaban J connectivity index is 1.84. The van der Waals surface area contributed by atoms with Crippen LogP contribution in [0.1, 0.15) is 22.3 Å². The average Bonchev–Trinajstić information content (AvgIpc) is 2.57. The van der Waals surface area contributed by atoms with Gasteiger partial charge in [0.2, 0.25) is 5.91 Å². The Kier molecular flexibility index (Phi) is 6.89. The van der Waals surface area contributed by atoms with Crippen molar-refractivity contribution in [2.24, 2.45) is 0 Å². The highest BCUT2D eigenvalue weighted by Gasteiger charge is 2.17. The van der Waals surface area contributed by atoms with Crippen LogP contribution in [-0.4, -0.2) is 31.6 Å². The second-order valence-corrected chi connectivity index (χ2v) is 9.67. The van der Waals surface area contributed by atoms with Gasteiger partial charge in [0.05, 0.1) is 16.4 Å². The third kappa shape index (κ3) is 5.61. The van der Waals surface area contributed by atoms with Crippen LogP contribution >= 0.6 is 11.8 Å². The zero-order valence-electron chi connectivity index (χ0n) is 15.6. The van der Waals surface area contributed by atoms with Gasteiger partial charge in [0.25, 0.3) is 0 Å². The zero-order valence-corrected chi connectivity index (χ0v) is 17.3. The summed E-state index contributed by atoms with van der Waals surface area (Å²) in [4.78, 5) is 12.4. The molecule has 0 bridgehead atoms. The lowest BCUT2D eigenvalue weighted by Gasteiger charge is -2.09. The Labute approximate surface area is 160 Å². The molecule has 0 aliphatic heterocycles. The van der Waals surface area contributed by atoms with Crippen molar-refractivity contribution in [3.63, 3.8) is 0 Å². The van der Waals surface area contributed by atoms with Crippen LogP contribution in [0.4, 0.5) is 5.69 Å². The highest BCUT2D eigenvalue weighted by molar-refractivity contribution is 8.01. The molecule has 2 aromatic rings. The van der Waals surface area contributed by atoms with Gasteiger partial charge in [0.15, 0.2) is 9.84 Å². The van der Waals surface area contributed by atoms with Gasteiger partial charge < -0.3 is 5.32 Å². The molecule has 0 atom stereocenters. The van der Waals surface area contributed by atoms with Gasteiger partial charge in [0, 0.05) is 11.4 Å². The Morgan fingerprint density at radius 1 is 0.962 bits per heavy atom. The molecule has 4 nitrogen and oxygen atoms in total. The summed E-state index contributed by atoms with van der Waals surface area (Å²) in [6.07, 6.45) is 0. The van der Waals surface area contributed by atoms with Crippen molar-refractivity contribution < 1.29 is 13.2 Å². The number of hydrogen-bond acceptors (Lipinski definition) is 4. The topological polar surface area (TPSA) is 63.2 Å². The number of benzene rings is 2. The van der Waals surface area contributed by atoms with Gasteiger partial charge in [-0.3, -0.25) is 4.79 Å². The quantitative estimate of drug-likeness (QED) is 0.723. The molecule has 0 unspecified atom stereocenters. The summed E-state index contributed by atoms with van der Waals surface area (Å²) in [5.41, 5.74) is 4.74. The van der Waals surface area contributed by atoms with E-state index in [0.717, 1.165) is 22.4 Å². The molecule has 0 saturated heterocycles. The van der Waals surface area contributed by atoms with Crippen LogP contribution in [0, 0.1) is 27.7 Å². The first-order valence-corrected chi connectivity index (χ1v) is 11.2. The minimum absolute atomic E-state index is 0.0267. The SMILES string of the molecule is Cc1ccc(C)c(S(=O)(=O)CCSCC(=O)Nc2ccc(C)c(C)c2)c1. The van der Waals surface area contributed by atoms with Crippen molar-refractivity contribution in [1.29, 1.82) is 0 Å². The summed E-state index contributed by atoms with van der Waals surface area (Å²) in [7, 11) is -3.33. The largest absolute Gasteiger partial charge is 0.325 e. The molecule has 1 N–H and O–H groups in total. The van der Waals surface area contributed by atoms with Gasteiger partial charge in [-0.05, 0) is 68.1 Å². The van der Waals surface area contributed by atoms with E-state index in [1.165, 1.54) is 17.3 Å². The van der Waals surface area contributed by atoms with Crippen LogP contribution in [0.3, 0.4) is 0 Å². The maximum absolute atomic E-state index is 12.5. The van der Waals surface area contributed by atoms with Gasteiger partial charge in [-0.25, -0.2) is 8.42 Å². The maximum Gasteiger partial charge on any atom is 0.234 e. The van der Waals surface area contributed by atoms with Gasteiger partial charge in [-0.1, -0.05) is 18.2 Å². The van der Waals surface area contributed by atoms with Crippen molar-refractivity contribution in [2.45, 2.75) is 32.6 Å². The number of anilines is 1. The number of hydrogen-bond donors (Lipinski definition) is 1. The normalized spacial score (nSPS) is 11.4. The van der Waals surface area contributed by atoms with E-state index >= 15 is 0 Å².